The summed E-state index contributed by atoms with van der Waals surface area (Å²) in [7, 11) is 2.98. The summed E-state index contributed by atoms with van der Waals surface area (Å²) >= 11 is 0. The van der Waals surface area contributed by atoms with Gasteiger partial charge in [0.25, 0.3) is 0 Å². The van der Waals surface area contributed by atoms with Crippen LogP contribution in [0.4, 0.5) is 0 Å². The Morgan fingerprint density at radius 1 is 1.08 bits per heavy atom. The van der Waals surface area contributed by atoms with Crippen LogP contribution >= 0.6 is 0 Å². The lowest BCUT2D eigenvalue weighted by atomic mass is 10.00. The molecule has 0 atom stereocenters. The molecule has 0 fully saturated rings. The Labute approximate surface area is 152 Å². The third kappa shape index (κ3) is 3.61. The number of nitrogens with zero attached hydrogens (tertiary/aromatic N) is 2. The van der Waals surface area contributed by atoms with Crippen molar-refractivity contribution in [1.82, 2.24) is 4.98 Å². The molecule has 0 amide bonds. The van der Waals surface area contributed by atoms with E-state index in [-0.39, 0.29) is 6.42 Å². The van der Waals surface area contributed by atoms with Crippen LogP contribution in [0.15, 0.2) is 42.6 Å². The summed E-state index contributed by atoms with van der Waals surface area (Å²) < 4.78 is 5.47. The van der Waals surface area contributed by atoms with Crippen molar-refractivity contribution in [2.24, 2.45) is 0 Å². The van der Waals surface area contributed by atoms with Crippen LogP contribution in [0.3, 0.4) is 0 Å². The molecule has 5 heteroatoms. The number of nitriles is 1. The minimum absolute atomic E-state index is 0.246. The van der Waals surface area contributed by atoms with Gasteiger partial charge in [0, 0.05) is 11.6 Å². The minimum atomic E-state index is 0.246. The van der Waals surface area contributed by atoms with Gasteiger partial charge in [0.1, 0.15) is 5.52 Å². The van der Waals surface area contributed by atoms with E-state index in [0.717, 1.165) is 22.9 Å². The number of rotatable bonds is 6. The van der Waals surface area contributed by atoms with Crippen LogP contribution in [0.1, 0.15) is 22.3 Å². The van der Waals surface area contributed by atoms with E-state index in [0.29, 0.717) is 17.0 Å². The maximum Gasteiger partial charge on any atom is 0.209 e. The van der Waals surface area contributed by atoms with E-state index in [9.17, 15) is 5.26 Å². The van der Waals surface area contributed by atoms with Gasteiger partial charge in [-0.25, -0.2) is 0 Å². The average molecular weight is 348 g/mol. The zero-order valence-electron chi connectivity index (χ0n) is 15.1. The molecule has 0 spiro atoms. The Kier molecular flexibility index (Phi) is 5.35. The van der Waals surface area contributed by atoms with Crippen LogP contribution in [0.2, 0.25) is 0 Å². The van der Waals surface area contributed by atoms with Gasteiger partial charge in [-0.05, 0) is 42.2 Å². The van der Waals surface area contributed by atoms with E-state index >= 15 is 0 Å². The molecule has 1 heterocycles. The third-order valence-electron chi connectivity index (χ3n) is 4.21. The van der Waals surface area contributed by atoms with E-state index in [4.69, 9.17) is 14.5 Å². The van der Waals surface area contributed by atoms with Gasteiger partial charge in [-0.2, -0.15) is 10.1 Å². The van der Waals surface area contributed by atoms with E-state index in [1.165, 1.54) is 18.2 Å². The summed E-state index contributed by atoms with van der Waals surface area (Å²) in [6.07, 6.45) is 2.85. The molecule has 3 aromatic rings. The molecule has 3 rings (SSSR count). The first-order chi connectivity index (χ1) is 12.7. The summed E-state index contributed by atoms with van der Waals surface area (Å²) in [5.41, 5.74) is 5.00. The highest BCUT2D eigenvalue weighted by atomic mass is 17.2. The second-order valence-electron chi connectivity index (χ2n) is 6.05. The molecule has 0 N–H and O–H groups in total. The van der Waals surface area contributed by atoms with Gasteiger partial charge < -0.3 is 9.62 Å². The van der Waals surface area contributed by atoms with Gasteiger partial charge in [0.2, 0.25) is 5.75 Å². The van der Waals surface area contributed by atoms with Crippen LogP contribution in [0, 0.1) is 18.3 Å². The highest BCUT2D eigenvalue weighted by molar-refractivity contribution is 5.90. The molecule has 0 aliphatic heterocycles. The van der Waals surface area contributed by atoms with Crippen LogP contribution in [-0.2, 0) is 17.7 Å². The molecular weight excluding hydrogens is 328 g/mol. The molecule has 0 bridgehead atoms. The van der Waals surface area contributed by atoms with E-state index in [1.54, 1.807) is 13.2 Å². The molecule has 5 nitrogen and oxygen atoms in total. The van der Waals surface area contributed by atoms with Crippen molar-refractivity contribution in [2.45, 2.75) is 19.8 Å². The van der Waals surface area contributed by atoms with Crippen LogP contribution in [0.25, 0.3) is 10.9 Å². The highest BCUT2D eigenvalue weighted by Gasteiger charge is 2.17. The average Bonchev–Trinajstić information content (AvgIpc) is 2.64. The van der Waals surface area contributed by atoms with Gasteiger partial charge in [-0.15, -0.1) is 0 Å². The number of aromatic nitrogens is 1. The number of hydrogen-bond donors (Lipinski definition) is 0. The van der Waals surface area contributed by atoms with Gasteiger partial charge in [-0.3, -0.25) is 4.98 Å². The zero-order valence-corrected chi connectivity index (χ0v) is 15.1. The van der Waals surface area contributed by atoms with Crippen molar-refractivity contribution < 1.29 is 14.5 Å². The van der Waals surface area contributed by atoms with Crippen molar-refractivity contribution in [3.63, 3.8) is 0 Å². The fourth-order valence-corrected chi connectivity index (χ4v) is 2.97. The Morgan fingerprint density at radius 2 is 1.85 bits per heavy atom. The fraction of sp³-hybridized carbons (Fsp3) is 0.238. The van der Waals surface area contributed by atoms with E-state index < -0.39 is 0 Å². The lowest BCUT2D eigenvalue weighted by Gasteiger charge is -2.14. The second-order valence-corrected chi connectivity index (χ2v) is 6.05. The Balaban J connectivity index is 2.09. The standard InChI is InChI=1S/C21H20N2O3/c1-14-4-6-15(7-5-14)10-16-11-18-17(8-9-22)12-19(26-25-3)21(24-2)20(18)23-13-16/h4-7,11-13H,8,10H2,1-3H3. The highest BCUT2D eigenvalue weighted by Crippen LogP contribution is 2.37. The summed E-state index contributed by atoms with van der Waals surface area (Å²) in [6, 6.07) is 14.5. The Hall–Kier alpha value is -3.10. The summed E-state index contributed by atoms with van der Waals surface area (Å²) in [4.78, 5) is 14.5. The molecule has 0 saturated carbocycles. The molecule has 0 saturated heterocycles. The van der Waals surface area contributed by atoms with Crippen LogP contribution in [0.5, 0.6) is 11.5 Å². The topological polar surface area (TPSA) is 64.4 Å². The molecular formula is C21H20N2O3. The quantitative estimate of drug-likeness (QED) is 0.495. The number of aryl methyl sites for hydroxylation is 1. The summed E-state index contributed by atoms with van der Waals surface area (Å²) in [5, 5.41) is 10.1. The molecule has 26 heavy (non-hydrogen) atoms. The number of fused-ring (bicyclic) bond motifs is 1. The van der Waals surface area contributed by atoms with Crippen molar-refractivity contribution >= 4 is 10.9 Å². The van der Waals surface area contributed by atoms with Crippen molar-refractivity contribution in [3.05, 3.63) is 64.8 Å². The first-order valence-electron chi connectivity index (χ1n) is 8.28. The number of pyridine rings is 1. The number of benzene rings is 2. The molecule has 132 valence electrons. The van der Waals surface area contributed by atoms with Gasteiger partial charge in [0.05, 0.1) is 26.7 Å². The number of hydrogen-bond acceptors (Lipinski definition) is 5. The van der Waals surface area contributed by atoms with Crippen molar-refractivity contribution in [3.8, 4) is 17.6 Å². The van der Waals surface area contributed by atoms with Crippen molar-refractivity contribution in [1.29, 1.82) is 5.26 Å². The molecule has 1 aromatic heterocycles. The van der Waals surface area contributed by atoms with E-state index in [1.807, 2.05) is 6.20 Å². The maximum atomic E-state index is 9.18. The normalized spacial score (nSPS) is 10.5. The fourth-order valence-electron chi connectivity index (χ4n) is 2.97. The van der Waals surface area contributed by atoms with Crippen molar-refractivity contribution in [2.75, 3.05) is 14.2 Å². The van der Waals surface area contributed by atoms with Crippen LogP contribution in [-0.4, -0.2) is 19.2 Å². The first-order valence-corrected chi connectivity index (χ1v) is 8.28. The third-order valence-corrected chi connectivity index (χ3v) is 4.21. The molecule has 0 unspecified atom stereocenters. The molecule has 0 aliphatic carbocycles. The maximum absolute atomic E-state index is 9.18. The second kappa shape index (κ2) is 7.85. The van der Waals surface area contributed by atoms with Gasteiger partial charge >= 0.3 is 0 Å². The lowest BCUT2D eigenvalue weighted by molar-refractivity contribution is -0.179. The molecule has 0 radical (unpaired) electrons. The SMILES string of the molecule is COOc1cc(CC#N)c2cc(Cc3ccc(C)cc3)cnc2c1OC. The lowest BCUT2D eigenvalue weighted by Crippen LogP contribution is -2.00. The zero-order chi connectivity index (χ0) is 18.5. The minimum Gasteiger partial charge on any atom is -0.491 e. The van der Waals surface area contributed by atoms with Gasteiger partial charge in [-0.1, -0.05) is 29.8 Å². The van der Waals surface area contributed by atoms with E-state index in [2.05, 4.69) is 48.3 Å². The number of methoxy groups -OCH3 is 1. The first kappa shape index (κ1) is 17.7. The van der Waals surface area contributed by atoms with Gasteiger partial charge in [0.15, 0.2) is 5.75 Å². The summed E-state index contributed by atoms with van der Waals surface area (Å²) in [5.74, 6) is 0.900. The predicted octanol–water partition coefficient (Wildman–Crippen LogP) is 4.15. The molecule has 0 aliphatic rings. The predicted molar refractivity (Wildman–Crippen MR) is 99.2 cm³/mol. The Morgan fingerprint density at radius 3 is 2.50 bits per heavy atom. The van der Waals surface area contributed by atoms with Crippen LogP contribution < -0.4 is 9.62 Å². The monoisotopic (exact) mass is 348 g/mol. The molecule has 2 aromatic carbocycles. The summed E-state index contributed by atoms with van der Waals surface area (Å²) in [6.45, 7) is 2.07. The largest absolute Gasteiger partial charge is 0.491 e. The Bertz CT molecular complexity index is 960. The smallest absolute Gasteiger partial charge is 0.209 e. The number of ether oxygens (including phenoxy) is 1.